The first-order chi connectivity index (χ1) is 9.56. The van der Waals surface area contributed by atoms with Crippen LogP contribution >= 0.6 is 27.5 Å². The Labute approximate surface area is 131 Å². The van der Waals surface area contributed by atoms with Crippen molar-refractivity contribution in [2.75, 3.05) is 19.8 Å². The predicted molar refractivity (Wildman–Crippen MR) is 81.4 cm³/mol. The van der Waals surface area contributed by atoms with Crippen molar-refractivity contribution in [3.63, 3.8) is 0 Å². The molecule has 1 saturated heterocycles. The van der Waals surface area contributed by atoms with Crippen molar-refractivity contribution in [1.29, 1.82) is 0 Å². The van der Waals surface area contributed by atoms with Gasteiger partial charge in [0, 0.05) is 17.6 Å². The van der Waals surface area contributed by atoms with Crippen LogP contribution in [-0.2, 0) is 9.53 Å². The van der Waals surface area contributed by atoms with Gasteiger partial charge in [0.2, 0.25) is 0 Å². The van der Waals surface area contributed by atoms with E-state index in [9.17, 15) is 4.79 Å². The van der Waals surface area contributed by atoms with Gasteiger partial charge >= 0.3 is 0 Å². The Bertz CT molecular complexity index is 466. The summed E-state index contributed by atoms with van der Waals surface area (Å²) >= 11 is 9.45. The topological polar surface area (TPSA) is 47.6 Å². The molecule has 110 valence electrons. The number of benzene rings is 1. The van der Waals surface area contributed by atoms with E-state index < -0.39 is 0 Å². The molecule has 1 heterocycles. The number of carbonyl (C=O) groups is 1. The van der Waals surface area contributed by atoms with E-state index in [-0.39, 0.29) is 18.6 Å². The fourth-order valence-electron chi connectivity index (χ4n) is 2.09. The fourth-order valence-corrected chi connectivity index (χ4v) is 3.12. The van der Waals surface area contributed by atoms with Crippen LogP contribution in [0.2, 0.25) is 5.02 Å². The van der Waals surface area contributed by atoms with Gasteiger partial charge < -0.3 is 14.8 Å². The highest BCUT2D eigenvalue weighted by Crippen LogP contribution is 2.31. The molecular weight excluding hydrogens is 346 g/mol. The molecule has 1 aliphatic rings. The largest absolute Gasteiger partial charge is 0.482 e. The van der Waals surface area contributed by atoms with E-state index >= 15 is 0 Å². The first-order valence-electron chi connectivity index (χ1n) is 6.53. The number of nitrogens with one attached hydrogen (secondary N) is 1. The third-order valence-electron chi connectivity index (χ3n) is 3.09. The maximum Gasteiger partial charge on any atom is 0.258 e. The van der Waals surface area contributed by atoms with Crippen molar-refractivity contribution < 1.29 is 14.3 Å². The summed E-state index contributed by atoms with van der Waals surface area (Å²) < 4.78 is 11.8. The van der Waals surface area contributed by atoms with Crippen molar-refractivity contribution >= 4 is 33.4 Å². The summed E-state index contributed by atoms with van der Waals surface area (Å²) in [7, 11) is 0. The van der Waals surface area contributed by atoms with E-state index in [1.807, 2.05) is 13.0 Å². The van der Waals surface area contributed by atoms with E-state index in [1.165, 1.54) is 0 Å². The van der Waals surface area contributed by atoms with E-state index in [0.717, 1.165) is 29.5 Å². The fraction of sp³-hybridized carbons (Fsp3) is 0.500. The lowest BCUT2D eigenvalue weighted by molar-refractivity contribution is -0.123. The summed E-state index contributed by atoms with van der Waals surface area (Å²) in [5, 5.41) is 3.29. The summed E-state index contributed by atoms with van der Waals surface area (Å²) in [4.78, 5) is 11.7. The van der Waals surface area contributed by atoms with Gasteiger partial charge in [0.1, 0.15) is 5.75 Å². The summed E-state index contributed by atoms with van der Waals surface area (Å²) in [6.07, 6.45) is 2.20. The molecule has 1 aliphatic heterocycles. The number of carbonyl (C=O) groups excluding carboxylic acids is 1. The van der Waals surface area contributed by atoms with Gasteiger partial charge in [0.15, 0.2) is 6.61 Å². The summed E-state index contributed by atoms with van der Waals surface area (Å²) in [6, 6.07) is 3.64. The second-order valence-corrected chi connectivity index (χ2v) is 6.08. The number of hydrogen-bond acceptors (Lipinski definition) is 3. The molecular formula is C14H17BrClNO3. The molecule has 0 bridgehead atoms. The zero-order valence-corrected chi connectivity index (χ0v) is 13.6. The Hall–Kier alpha value is -0.780. The standard InChI is InChI=1S/C14H17BrClNO3/c1-9-5-10(15)6-12(16)14(9)20-8-13(18)17-7-11-3-2-4-19-11/h5-6,11H,2-4,7-8H2,1H3,(H,17,18)/t11-/m0/s1. The summed E-state index contributed by atoms with van der Waals surface area (Å²) in [5.41, 5.74) is 0.885. The zero-order valence-electron chi connectivity index (χ0n) is 11.2. The number of amides is 1. The highest BCUT2D eigenvalue weighted by atomic mass is 79.9. The van der Waals surface area contributed by atoms with Crippen molar-refractivity contribution in [3.8, 4) is 5.75 Å². The molecule has 0 spiro atoms. The molecule has 4 nitrogen and oxygen atoms in total. The quantitative estimate of drug-likeness (QED) is 0.875. The van der Waals surface area contributed by atoms with Crippen LogP contribution in [0.5, 0.6) is 5.75 Å². The third kappa shape index (κ3) is 4.36. The average Bonchev–Trinajstić information content (AvgIpc) is 2.88. The molecule has 20 heavy (non-hydrogen) atoms. The minimum atomic E-state index is -0.168. The second kappa shape index (κ2) is 7.29. The van der Waals surface area contributed by atoms with Gasteiger partial charge in [-0.3, -0.25) is 4.79 Å². The SMILES string of the molecule is Cc1cc(Br)cc(Cl)c1OCC(=O)NC[C@@H]1CCCO1. The van der Waals surface area contributed by atoms with E-state index in [1.54, 1.807) is 6.07 Å². The van der Waals surface area contributed by atoms with Crippen LogP contribution in [0, 0.1) is 6.92 Å². The Kier molecular flexibility index (Phi) is 5.69. The van der Waals surface area contributed by atoms with Gasteiger partial charge in [0.05, 0.1) is 11.1 Å². The van der Waals surface area contributed by atoms with Crippen molar-refractivity contribution in [2.24, 2.45) is 0 Å². The van der Waals surface area contributed by atoms with E-state index in [0.29, 0.717) is 17.3 Å². The predicted octanol–water partition coefficient (Wildman–Crippen LogP) is 3.08. The summed E-state index contributed by atoms with van der Waals surface area (Å²) in [6.45, 7) is 3.16. The number of aryl methyl sites for hydroxylation is 1. The maximum absolute atomic E-state index is 11.7. The number of hydrogen-bond donors (Lipinski definition) is 1. The second-order valence-electron chi connectivity index (χ2n) is 4.76. The molecule has 1 N–H and O–H groups in total. The molecule has 6 heteroatoms. The lowest BCUT2D eigenvalue weighted by Crippen LogP contribution is -2.35. The Morgan fingerprint density at radius 3 is 3.05 bits per heavy atom. The first kappa shape index (κ1) is 15.6. The highest BCUT2D eigenvalue weighted by Gasteiger charge is 2.16. The minimum absolute atomic E-state index is 0.0467. The molecule has 2 rings (SSSR count). The molecule has 1 aromatic rings. The maximum atomic E-state index is 11.7. The minimum Gasteiger partial charge on any atom is -0.482 e. The monoisotopic (exact) mass is 361 g/mol. The average molecular weight is 363 g/mol. The number of rotatable bonds is 5. The lowest BCUT2D eigenvalue weighted by atomic mass is 10.2. The lowest BCUT2D eigenvalue weighted by Gasteiger charge is -2.13. The van der Waals surface area contributed by atoms with Crippen LogP contribution in [-0.4, -0.2) is 31.8 Å². The Balaban J connectivity index is 1.81. The zero-order chi connectivity index (χ0) is 14.5. The van der Waals surface area contributed by atoms with E-state index in [4.69, 9.17) is 21.1 Å². The molecule has 0 radical (unpaired) electrons. The number of ether oxygens (including phenoxy) is 2. The normalized spacial score (nSPS) is 18.1. The molecule has 1 fully saturated rings. The molecule has 1 atom stereocenters. The van der Waals surface area contributed by atoms with Gasteiger partial charge in [-0.15, -0.1) is 0 Å². The third-order valence-corrected chi connectivity index (χ3v) is 3.83. The van der Waals surface area contributed by atoms with Crippen LogP contribution in [0.3, 0.4) is 0 Å². The van der Waals surface area contributed by atoms with Gasteiger partial charge in [-0.1, -0.05) is 27.5 Å². The van der Waals surface area contributed by atoms with Crippen LogP contribution in [0.15, 0.2) is 16.6 Å². The van der Waals surface area contributed by atoms with Crippen LogP contribution < -0.4 is 10.1 Å². The van der Waals surface area contributed by atoms with Crippen molar-refractivity contribution in [3.05, 3.63) is 27.2 Å². The van der Waals surface area contributed by atoms with Gasteiger partial charge in [-0.2, -0.15) is 0 Å². The van der Waals surface area contributed by atoms with Crippen LogP contribution in [0.1, 0.15) is 18.4 Å². The van der Waals surface area contributed by atoms with Gasteiger partial charge in [0.25, 0.3) is 5.91 Å². The summed E-state index contributed by atoms with van der Waals surface area (Å²) in [5.74, 6) is 0.376. The van der Waals surface area contributed by atoms with Crippen molar-refractivity contribution in [2.45, 2.75) is 25.9 Å². The van der Waals surface area contributed by atoms with E-state index in [2.05, 4.69) is 21.2 Å². The molecule has 0 saturated carbocycles. The number of halogens is 2. The molecule has 1 amide bonds. The highest BCUT2D eigenvalue weighted by molar-refractivity contribution is 9.10. The smallest absolute Gasteiger partial charge is 0.258 e. The molecule has 0 unspecified atom stereocenters. The molecule has 0 aliphatic carbocycles. The first-order valence-corrected chi connectivity index (χ1v) is 7.70. The van der Waals surface area contributed by atoms with Gasteiger partial charge in [-0.25, -0.2) is 0 Å². The molecule has 0 aromatic heterocycles. The van der Waals surface area contributed by atoms with Gasteiger partial charge in [-0.05, 0) is 37.5 Å². The van der Waals surface area contributed by atoms with Crippen molar-refractivity contribution in [1.82, 2.24) is 5.32 Å². The Morgan fingerprint density at radius 2 is 2.40 bits per heavy atom. The van der Waals surface area contributed by atoms with Crippen LogP contribution in [0.25, 0.3) is 0 Å². The molecule has 1 aromatic carbocycles. The Morgan fingerprint density at radius 1 is 1.60 bits per heavy atom. The van der Waals surface area contributed by atoms with Crippen LogP contribution in [0.4, 0.5) is 0 Å².